The van der Waals surface area contributed by atoms with Gasteiger partial charge < -0.3 is 4.74 Å². The predicted octanol–water partition coefficient (Wildman–Crippen LogP) is 5.29. The van der Waals surface area contributed by atoms with Gasteiger partial charge in [-0.1, -0.05) is 59.3 Å². The van der Waals surface area contributed by atoms with Crippen LogP contribution in [0.25, 0.3) is 17.1 Å². The summed E-state index contributed by atoms with van der Waals surface area (Å²) in [6.07, 6.45) is 1.18. The van der Waals surface area contributed by atoms with E-state index in [1.54, 1.807) is 13.2 Å². The Kier molecular flexibility index (Phi) is 7.79. The molecule has 10 heteroatoms. The lowest BCUT2D eigenvalue weighted by molar-refractivity contribution is -0.118. The van der Waals surface area contributed by atoms with Crippen LogP contribution in [0.3, 0.4) is 0 Å². The van der Waals surface area contributed by atoms with Gasteiger partial charge in [-0.05, 0) is 43.3 Å². The van der Waals surface area contributed by atoms with E-state index in [4.69, 9.17) is 16.3 Å². The van der Waals surface area contributed by atoms with Crippen LogP contribution in [0.5, 0.6) is 5.75 Å². The third kappa shape index (κ3) is 5.87. The summed E-state index contributed by atoms with van der Waals surface area (Å²) in [7, 11) is 1.61. The van der Waals surface area contributed by atoms with Crippen molar-refractivity contribution in [3.05, 3.63) is 88.7 Å². The van der Waals surface area contributed by atoms with E-state index in [9.17, 15) is 9.18 Å². The molecule has 0 aliphatic rings. The van der Waals surface area contributed by atoms with E-state index in [-0.39, 0.29) is 22.2 Å². The van der Waals surface area contributed by atoms with Crippen LogP contribution in [0.1, 0.15) is 11.1 Å². The third-order valence-corrected chi connectivity index (χ3v) is 6.25. The Bertz CT molecular complexity index is 1340. The molecule has 4 rings (SSSR count). The van der Waals surface area contributed by atoms with Gasteiger partial charge in [0.05, 0.1) is 24.1 Å². The lowest BCUT2D eigenvalue weighted by atomic mass is 10.1. The summed E-state index contributed by atoms with van der Waals surface area (Å²) in [5.41, 5.74) is 5.33. The maximum absolute atomic E-state index is 13.8. The van der Waals surface area contributed by atoms with Gasteiger partial charge in [0.15, 0.2) is 11.0 Å². The summed E-state index contributed by atoms with van der Waals surface area (Å²) in [6, 6.07) is 19.7. The minimum absolute atomic E-state index is 0.0184. The van der Waals surface area contributed by atoms with Gasteiger partial charge in [0.2, 0.25) is 0 Å². The molecule has 0 aliphatic heterocycles. The van der Waals surface area contributed by atoms with Crippen molar-refractivity contribution < 1.29 is 13.9 Å². The number of hydrogen-bond donors (Lipinski definition) is 1. The molecule has 35 heavy (non-hydrogen) atoms. The number of nitrogens with one attached hydrogen (secondary N) is 1. The average molecular weight is 510 g/mol. The van der Waals surface area contributed by atoms with Crippen LogP contribution < -0.4 is 10.2 Å². The van der Waals surface area contributed by atoms with Crippen LogP contribution in [0.2, 0.25) is 5.02 Å². The number of benzene rings is 3. The largest absolute Gasteiger partial charge is 0.497 e. The van der Waals surface area contributed by atoms with E-state index in [1.807, 2.05) is 60.0 Å². The highest BCUT2D eigenvalue weighted by Gasteiger charge is 2.17. The number of thioether (sulfide) groups is 1. The second-order valence-electron chi connectivity index (χ2n) is 7.42. The highest BCUT2D eigenvalue weighted by Crippen LogP contribution is 2.29. The Balaban J connectivity index is 1.53. The number of hydrogen-bond acceptors (Lipinski definition) is 6. The summed E-state index contributed by atoms with van der Waals surface area (Å²) in [6.45, 7) is 2.01. The van der Waals surface area contributed by atoms with Crippen LogP contribution in [0.4, 0.5) is 4.39 Å². The molecule has 178 valence electrons. The van der Waals surface area contributed by atoms with Gasteiger partial charge >= 0.3 is 0 Å². The number of methoxy groups -OCH3 is 1. The zero-order chi connectivity index (χ0) is 24.8. The minimum Gasteiger partial charge on any atom is -0.497 e. The van der Waals surface area contributed by atoms with E-state index >= 15 is 0 Å². The van der Waals surface area contributed by atoms with E-state index in [0.717, 1.165) is 22.6 Å². The van der Waals surface area contributed by atoms with Crippen LogP contribution in [-0.2, 0) is 4.79 Å². The quantitative estimate of drug-likeness (QED) is 0.198. The second-order valence-corrected chi connectivity index (χ2v) is 8.77. The molecule has 3 aromatic carbocycles. The van der Waals surface area contributed by atoms with Gasteiger partial charge in [-0.3, -0.25) is 9.36 Å². The number of halogens is 2. The number of nitrogens with zero attached hydrogens (tertiary/aromatic N) is 4. The lowest BCUT2D eigenvalue weighted by Crippen LogP contribution is -2.20. The first-order valence-electron chi connectivity index (χ1n) is 10.5. The van der Waals surface area contributed by atoms with Crippen molar-refractivity contribution in [1.29, 1.82) is 0 Å². The first kappa shape index (κ1) is 24.4. The minimum atomic E-state index is -0.527. The Hall–Kier alpha value is -3.69. The van der Waals surface area contributed by atoms with Crippen molar-refractivity contribution in [3.8, 4) is 22.8 Å². The molecule has 1 heterocycles. The molecular weight excluding hydrogens is 489 g/mol. The van der Waals surface area contributed by atoms with Crippen LogP contribution in [0, 0.1) is 12.7 Å². The summed E-state index contributed by atoms with van der Waals surface area (Å²) < 4.78 is 21.0. The van der Waals surface area contributed by atoms with Crippen LogP contribution in [-0.4, -0.2) is 39.7 Å². The molecule has 0 bridgehead atoms. The number of ether oxygens (including phenoxy) is 1. The van der Waals surface area contributed by atoms with Gasteiger partial charge in [0.1, 0.15) is 11.6 Å². The zero-order valence-corrected chi connectivity index (χ0v) is 20.5. The molecule has 0 aliphatic carbocycles. The molecule has 1 amide bonds. The molecule has 0 atom stereocenters. The van der Waals surface area contributed by atoms with Crippen molar-refractivity contribution in [2.45, 2.75) is 12.1 Å². The SMILES string of the molecule is COc1ccc(-n2c(SCC(=O)NN=Cc3c(F)cccc3Cl)nnc2-c2ccc(C)cc2)cc1. The number of carbonyl (C=O) groups is 1. The molecule has 0 radical (unpaired) electrons. The first-order chi connectivity index (χ1) is 17.0. The van der Waals surface area contributed by atoms with E-state index < -0.39 is 5.82 Å². The van der Waals surface area contributed by atoms with E-state index in [2.05, 4.69) is 20.7 Å². The summed E-state index contributed by atoms with van der Waals surface area (Å²) in [5.74, 6) is 0.469. The molecule has 0 fully saturated rings. The van der Waals surface area contributed by atoms with Crippen LogP contribution >= 0.6 is 23.4 Å². The molecule has 1 aromatic heterocycles. The summed E-state index contributed by atoms with van der Waals surface area (Å²) >= 11 is 7.17. The van der Waals surface area contributed by atoms with Crippen molar-refractivity contribution >= 4 is 35.5 Å². The van der Waals surface area contributed by atoms with Crippen LogP contribution in [0.15, 0.2) is 77.0 Å². The number of hydrazone groups is 1. The Labute approximate surface area is 211 Å². The standard InChI is InChI=1S/C25H21ClFN5O2S/c1-16-6-8-17(9-7-16)24-30-31-25(32(24)18-10-12-19(34-2)13-11-18)35-15-23(33)29-28-14-20-21(26)4-3-5-22(20)27/h3-14H,15H2,1-2H3,(H,29,33). The molecule has 0 unspecified atom stereocenters. The Morgan fingerprint density at radius 1 is 1.14 bits per heavy atom. The second kappa shape index (κ2) is 11.2. The Morgan fingerprint density at radius 3 is 2.57 bits per heavy atom. The third-order valence-electron chi connectivity index (χ3n) is 4.99. The molecule has 4 aromatic rings. The number of rotatable bonds is 8. The maximum atomic E-state index is 13.8. The maximum Gasteiger partial charge on any atom is 0.250 e. The zero-order valence-electron chi connectivity index (χ0n) is 18.9. The van der Waals surface area contributed by atoms with Gasteiger partial charge in [0, 0.05) is 16.8 Å². The smallest absolute Gasteiger partial charge is 0.250 e. The number of aromatic nitrogens is 3. The summed E-state index contributed by atoms with van der Waals surface area (Å²) in [5, 5.41) is 13.2. The highest BCUT2D eigenvalue weighted by atomic mass is 35.5. The van der Waals surface area contributed by atoms with E-state index in [0.29, 0.717) is 11.0 Å². The summed E-state index contributed by atoms with van der Waals surface area (Å²) in [4.78, 5) is 12.4. The molecule has 0 saturated carbocycles. The van der Waals surface area contributed by atoms with Crippen molar-refractivity contribution in [1.82, 2.24) is 20.2 Å². The lowest BCUT2D eigenvalue weighted by Gasteiger charge is -2.11. The van der Waals surface area contributed by atoms with Gasteiger partial charge in [-0.2, -0.15) is 5.10 Å². The van der Waals surface area contributed by atoms with Gasteiger partial charge in [0.25, 0.3) is 5.91 Å². The fourth-order valence-electron chi connectivity index (χ4n) is 3.18. The monoisotopic (exact) mass is 509 g/mol. The highest BCUT2D eigenvalue weighted by molar-refractivity contribution is 7.99. The van der Waals surface area contributed by atoms with Gasteiger partial charge in [-0.25, -0.2) is 9.82 Å². The number of carbonyl (C=O) groups excluding carboxylic acids is 1. The fraction of sp³-hybridized carbons (Fsp3) is 0.120. The molecule has 7 nitrogen and oxygen atoms in total. The van der Waals surface area contributed by atoms with E-state index in [1.165, 1.54) is 30.1 Å². The molecule has 1 N–H and O–H groups in total. The fourth-order valence-corrected chi connectivity index (χ4v) is 4.14. The number of aryl methyl sites for hydroxylation is 1. The van der Waals surface area contributed by atoms with Crippen molar-refractivity contribution in [2.75, 3.05) is 12.9 Å². The molecule has 0 spiro atoms. The number of amides is 1. The Morgan fingerprint density at radius 2 is 1.89 bits per heavy atom. The topological polar surface area (TPSA) is 81.4 Å². The van der Waals surface area contributed by atoms with Gasteiger partial charge in [-0.15, -0.1) is 10.2 Å². The van der Waals surface area contributed by atoms with Crippen molar-refractivity contribution in [3.63, 3.8) is 0 Å². The normalized spacial score (nSPS) is 11.1. The first-order valence-corrected chi connectivity index (χ1v) is 11.9. The molecule has 0 saturated heterocycles. The van der Waals surface area contributed by atoms with Crippen molar-refractivity contribution in [2.24, 2.45) is 5.10 Å². The molecular formula is C25H21ClFN5O2S. The predicted molar refractivity (Wildman–Crippen MR) is 136 cm³/mol. The average Bonchev–Trinajstić information content (AvgIpc) is 3.29.